The first kappa shape index (κ1) is 22.7. The Morgan fingerprint density at radius 2 is 1.53 bits per heavy atom. The second-order valence-electron chi connectivity index (χ2n) is 6.18. The predicted molar refractivity (Wildman–Crippen MR) is 76.1 cm³/mol. The molecule has 0 aromatic rings. The standard InChI is InChI=1S/C13H31N2.2ClH/c1-6-7-8-9-11-15(4,5)12-10-13(2,3)14;;/h6-12,14H2,1-5H3;2*1H/q+1;;/p-1. The van der Waals surface area contributed by atoms with Crippen molar-refractivity contribution in [2.75, 3.05) is 27.2 Å². The molecule has 0 atom stereocenters. The lowest BCUT2D eigenvalue weighted by atomic mass is 10.0. The molecule has 2 nitrogen and oxygen atoms in total. The van der Waals surface area contributed by atoms with E-state index >= 15 is 0 Å². The normalized spacial score (nSPS) is 11.6. The van der Waals surface area contributed by atoms with E-state index in [-0.39, 0.29) is 30.4 Å². The third-order valence-electron chi connectivity index (χ3n) is 2.98. The molecule has 0 aliphatic heterocycles. The van der Waals surface area contributed by atoms with Crippen LogP contribution < -0.4 is 18.1 Å². The molecule has 0 spiro atoms. The number of hydrogen-bond acceptors (Lipinski definition) is 1. The maximum atomic E-state index is 6.01. The fraction of sp³-hybridized carbons (Fsp3) is 1.00. The van der Waals surface area contributed by atoms with Gasteiger partial charge < -0.3 is 22.6 Å². The molecule has 108 valence electrons. The van der Waals surface area contributed by atoms with Crippen molar-refractivity contribution in [2.24, 2.45) is 5.73 Å². The van der Waals surface area contributed by atoms with Crippen LogP contribution in [0, 0.1) is 0 Å². The number of hydrogen-bond donors (Lipinski definition) is 1. The summed E-state index contributed by atoms with van der Waals surface area (Å²) < 4.78 is 1.12. The molecule has 0 aromatic carbocycles. The SMILES string of the molecule is CCCCCC[N+](C)(C)CCC(C)(C)N.Cl.[Cl-]. The van der Waals surface area contributed by atoms with E-state index < -0.39 is 0 Å². The van der Waals surface area contributed by atoms with Gasteiger partial charge in [0.1, 0.15) is 0 Å². The molecule has 0 saturated carbocycles. The van der Waals surface area contributed by atoms with Crippen molar-refractivity contribution in [1.29, 1.82) is 0 Å². The van der Waals surface area contributed by atoms with Gasteiger partial charge in [-0.1, -0.05) is 19.8 Å². The Labute approximate surface area is 121 Å². The van der Waals surface area contributed by atoms with Crippen molar-refractivity contribution in [3.05, 3.63) is 0 Å². The van der Waals surface area contributed by atoms with Crippen molar-refractivity contribution in [3.8, 4) is 0 Å². The van der Waals surface area contributed by atoms with E-state index in [9.17, 15) is 0 Å². The molecule has 4 heteroatoms. The first-order valence-corrected chi connectivity index (χ1v) is 6.38. The van der Waals surface area contributed by atoms with Gasteiger partial charge in [-0.2, -0.15) is 0 Å². The van der Waals surface area contributed by atoms with Gasteiger partial charge in [0.25, 0.3) is 0 Å². The topological polar surface area (TPSA) is 26.0 Å². The van der Waals surface area contributed by atoms with Crippen LogP contribution in [0.3, 0.4) is 0 Å². The van der Waals surface area contributed by atoms with Crippen LogP contribution in [-0.4, -0.2) is 37.2 Å². The zero-order valence-electron chi connectivity index (χ0n) is 12.3. The lowest BCUT2D eigenvalue weighted by Gasteiger charge is -2.32. The number of nitrogens with two attached hydrogens (primary N) is 1. The van der Waals surface area contributed by atoms with Gasteiger partial charge in [0.05, 0.1) is 27.2 Å². The molecular formula is C13H32Cl2N2. The van der Waals surface area contributed by atoms with Crippen molar-refractivity contribution >= 4 is 12.4 Å². The molecule has 0 aliphatic rings. The summed E-state index contributed by atoms with van der Waals surface area (Å²) in [6, 6.07) is 0. The molecule has 0 fully saturated rings. The highest BCUT2D eigenvalue weighted by molar-refractivity contribution is 5.85. The highest BCUT2D eigenvalue weighted by Gasteiger charge is 2.19. The summed E-state index contributed by atoms with van der Waals surface area (Å²) in [6.45, 7) is 8.97. The summed E-state index contributed by atoms with van der Waals surface area (Å²) >= 11 is 0. The zero-order chi connectivity index (χ0) is 11.9. The minimum Gasteiger partial charge on any atom is -1.00 e. The Kier molecular flexibility index (Phi) is 13.9. The summed E-state index contributed by atoms with van der Waals surface area (Å²) in [5.41, 5.74) is 5.99. The van der Waals surface area contributed by atoms with Gasteiger partial charge in [-0.25, -0.2) is 0 Å². The molecule has 0 unspecified atom stereocenters. The first-order valence-electron chi connectivity index (χ1n) is 6.38. The summed E-state index contributed by atoms with van der Waals surface area (Å²) in [6.07, 6.45) is 6.54. The van der Waals surface area contributed by atoms with Crippen LogP contribution in [0.25, 0.3) is 0 Å². The smallest absolute Gasteiger partial charge is 0.0800 e. The molecule has 0 aromatic heterocycles. The molecule has 2 N–H and O–H groups in total. The van der Waals surface area contributed by atoms with E-state index in [1.54, 1.807) is 0 Å². The Hall–Kier alpha value is 0.500. The summed E-state index contributed by atoms with van der Waals surface area (Å²) in [7, 11) is 4.63. The first-order chi connectivity index (χ1) is 6.77. The van der Waals surface area contributed by atoms with Crippen LogP contribution in [0.5, 0.6) is 0 Å². The van der Waals surface area contributed by atoms with Gasteiger partial charge in [-0.05, 0) is 26.7 Å². The molecule has 0 bridgehead atoms. The van der Waals surface area contributed by atoms with Crippen LogP contribution in [0.2, 0.25) is 0 Å². The van der Waals surface area contributed by atoms with Gasteiger partial charge in [0, 0.05) is 12.0 Å². The van der Waals surface area contributed by atoms with Crippen molar-refractivity contribution < 1.29 is 16.9 Å². The lowest BCUT2D eigenvalue weighted by molar-refractivity contribution is -0.891. The fourth-order valence-corrected chi connectivity index (χ4v) is 1.67. The van der Waals surface area contributed by atoms with E-state index in [4.69, 9.17) is 5.73 Å². The van der Waals surface area contributed by atoms with Gasteiger partial charge in [0.15, 0.2) is 0 Å². The van der Waals surface area contributed by atoms with Gasteiger partial charge >= 0.3 is 0 Å². The monoisotopic (exact) mass is 286 g/mol. The zero-order valence-corrected chi connectivity index (χ0v) is 13.8. The third kappa shape index (κ3) is 16.5. The quantitative estimate of drug-likeness (QED) is 0.501. The average molecular weight is 287 g/mol. The van der Waals surface area contributed by atoms with Crippen LogP contribution in [0.4, 0.5) is 0 Å². The van der Waals surface area contributed by atoms with E-state index in [1.165, 1.54) is 38.8 Å². The fourth-order valence-electron chi connectivity index (χ4n) is 1.67. The Morgan fingerprint density at radius 3 is 1.94 bits per heavy atom. The van der Waals surface area contributed by atoms with E-state index in [1.807, 2.05) is 0 Å². The predicted octanol–water partition coefficient (Wildman–Crippen LogP) is 0.196. The average Bonchev–Trinajstić information content (AvgIpc) is 2.09. The Morgan fingerprint density at radius 1 is 1.00 bits per heavy atom. The molecular weight excluding hydrogens is 255 g/mol. The van der Waals surface area contributed by atoms with E-state index in [2.05, 4.69) is 34.9 Å². The second kappa shape index (κ2) is 10.4. The minimum atomic E-state index is -0.0149. The maximum absolute atomic E-state index is 6.01. The highest BCUT2D eigenvalue weighted by atomic mass is 35.5. The Bertz CT molecular complexity index is 165. The van der Waals surface area contributed by atoms with Crippen molar-refractivity contribution in [2.45, 2.75) is 58.4 Å². The lowest BCUT2D eigenvalue weighted by Crippen LogP contribution is -3.00. The summed E-state index contributed by atoms with van der Waals surface area (Å²) in [5.74, 6) is 0. The Balaban J connectivity index is -0.000000980. The van der Waals surface area contributed by atoms with Gasteiger partial charge in [-0.3, -0.25) is 0 Å². The molecule has 0 rings (SSSR count). The molecule has 0 radical (unpaired) electrons. The van der Waals surface area contributed by atoms with Crippen molar-refractivity contribution in [3.63, 3.8) is 0 Å². The van der Waals surface area contributed by atoms with E-state index in [0.29, 0.717) is 0 Å². The minimum absolute atomic E-state index is 0. The largest absolute Gasteiger partial charge is 1.00 e. The number of nitrogens with zero attached hydrogens (tertiary/aromatic N) is 1. The summed E-state index contributed by atoms with van der Waals surface area (Å²) in [5, 5.41) is 0. The number of halogens is 2. The highest BCUT2D eigenvalue weighted by Crippen LogP contribution is 2.10. The van der Waals surface area contributed by atoms with Crippen LogP contribution in [0.1, 0.15) is 52.9 Å². The molecule has 0 saturated heterocycles. The summed E-state index contributed by atoms with van der Waals surface area (Å²) in [4.78, 5) is 0. The third-order valence-corrected chi connectivity index (χ3v) is 2.98. The molecule has 0 amide bonds. The van der Waals surface area contributed by atoms with Crippen LogP contribution in [-0.2, 0) is 0 Å². The van der Waals surface area contributed by atoms with Gasteiger partial charge in [0.2, 0.25) is 0 Å². The van der Waals surface area contributed by atoms with Crippen molar-refractivity contribution in [1.82, 2.24) is 0 Å². The van der Waals surface area contributed by atoms with Crippen LogP contribution >= 0.6 is 12.4 Å². The second-order valence-corrected chi connectivity index (χ2v) is 6.18. The van der Waals surface area contributed by atoms with Gasteiger partial charge in [-0.15, -0.1) is 12.4 Å². The molecule has 17 heavy (non-hydrogen) atoms. The number of rotatable bonds is 8. The number of quaternary nitrogens is 1. The molecule has 0 aliphatic carbocycles. The van der Waals surface area contributed by atoms with Crippen LogP contribution in [0.15, 0.2) is 0 Å². The maximum Gasteiger partial charge on any atom is 0.0800 e. The van der Waals surface area contributed by atoms with E-state index in [0.717, 1.165) is 10.9 Å². The number of unbranched alkanes of at least 4 members (excludes halogenated alkanes) is 3. The molecule has 0 heterocycles.